The number of benzene rings is 2. The number of hydrogen-bond donors (Lipinski definition) is 1. The van der Waals surface area contributed by atoms with Crippen molar-refractivity contribution in [3.63, 3.8) is 0 Å². The maximum atomic E-state index is 12.5. The number of para-hydroxylation sites is 2. The molecule has 6 heteroatoms. The highest BCUT2D eigenvalue weighted by Crippen LogP contribution is 2.31. The Hall–Kier alpha value is -2.73. The molecule has 0 aliphatic carbocycles. The Bertz CT molecular complexity index is 816. The number of ether oxygens (including phenoxy) is 3. The SMILES string of the molecule is COc1ccc(CNC(=O)C2CCN(CC3COc4ccccc4O3)CC2)cc1. The lowest BCUT2D eigenvalue weighted by Gasteiger charge is -2.35. The number of nitrogens with one attached hydrogen (secondary N) is 1. The van der Waals surface area contributed by atoms with E-state index in [-0.39, 0.29) is 17.9 Å². The zero-order valence-electron chi connectivity index (χ0n) is 16.8. The second-order valence-electron chi connectivity index (χ2n) is 7.64. The van der Waals surface area contributed by atoms with Crippen LogP contribution in [-0.2, 0) is 11.3 Å². The van der Waals surface area contributed by atoms with Gasteiger partial charge in [0.15, 0.2) is 11.5 Å². The molecule has 4 rings (SSSR count). The van der Waals surface area contributed by atoms with Gasteiger partial charge in [-0.15, -0.1) is 0 Å². The number of methoxy groups -OCH3 is 1. The van der Waals surface area contributed by atoms with Crippen LogP contribution in [-0.4, -0.2) is 50.3 Å². The number of rotatable bonds is 6. The molecule has 1 unspecified atom stereocenters. The van der Waals surface area contributed by atoms with Gasteiger partial charge in [0.1, 0.15) is 18.5 Å². The van der Waals surface area contributed by atoms with E-state index in [2.05, 4.69) is 10.2 Å². The van der Waals surface area contributed by atoms with Gasteiger partial charge >= 0.3 is 0 Å². The number of hydrogen-bond acceptors (Lipinski definition) is 5. The third kappa shape index (κ3) is 5.01. The van der Waals surface area contributed by atoms with E-state index in [0.29, 0.717) is 13.2 Å². The summed E-state index contributed by atoms with van der Waals surface area (Å²) in [5.74, 6) is 2.68. The zero-order chi connectivity index (χ0) is 20.1. The van der Waals surface area contributed by atoms with Gasteiger partial charge in [-0.2, -0.15) is 0 Å². The highest BCUT2D eigenvalue weighted by Gasteiger charge is 2.28. The van der Waals surface area contributed by atoms with Crippen molar-refractivity contribution < 1.29 is 19.0 Å². The number of carbonyl (C=O) groups is 1. The van der Waals surface area contributed by atoms with Gasteiger partial charge in [0.2, 0.25) is 5.91 Å². The van der Waals surface area contributed by atoms with Crippen molar-refractivity contribution in [3.8, 4) is 17.2 Å². The monoisotopic (exact) mass is 396 g/mol. The first-order valence-corrected chi connectivity index (χ1v) is 10.2. The van der Waals surface area contributed by atoms with Crippen LogP contribution in [0.2, 0.25) is 0 Å². The lowest BCUT2D eigenvalue weighted by Crippen LogP contribution is -2.46. The number of nitrogens with zero attached hydrogens (tertiary/aromatic N) is 1. The van der Waals surface area contributed by atoms with Crippen LogP contribution in [0.4, 0.5) is 0 Å². The number of carbonyl (C=O) groups excluding carboxylic acids is 1. The van der Waals surface area contributed by atoms with E-state index < -0.39 is 0 Å². The fourth-order valence-electron chi connectivity index (χ4n) is 3.90. The molecule has 1 saturated heterocycles. The quantitative estimate of drug-likeness (QED) is 0.814. The van der Waals surface area contributed by atoms with Gasteiger partial charge in [0.05, 0.1) is 7.11 Å². The van der Waals surface area contributed by atoms with Crippen molar-refractivity contribution >= 4 is 5.91 Å². The van der Waals surface area contributed by atoms with Gasteiger partial charge in [0.25, 0.3) is 0 Å². The van der Waals surface area contributed by atoms with Gasteiger partial charge in [-0.3, -0.25) is 9.69 Å². The molecule has 0 radical (unpaired) electrons. The van der Waals surface area contributed by atoms with Crippen LogP contribution >= 0.6 is 0 Å². The van der Waals surface area contributed by atoms with E-state index >= 15 is 0 Å². The molecule has 29 heavy (non-hydrogen) atoms. The topological polar surface area (TPSA) is 60.0 Å². The van der Waals surface area contributed by atoms with Crippen LogP contribution in [0.25, 0.3) is 0 Å². The molecule has 2 heterocycles. The predicted molar refractivity (Wildman–Crippen MR) is 110 cm³/mol. The maximum Gasteiger partial charge on any atom is 0.223 e. The maximum absolute atomic E-state index is 12.5. The van der Waals surface area contributed by atoms with Crippen LogP contribution in [0, 0.1) is 5.92 Å². The van der Waals surface area contributed by atoms with Crippen molar-refractivity contribution in [2.75, 3.05) is 33.4 Å². The molecule has 1 N–H and O–H groups in total. The molecule has 2 aliphatic rings. The first kappa shape index (κ1) is 19.6. The van der Waals surface area contributed by atoms with Crippen molar-refractivity contribution in [2.45, 2.75) is 25.5 Å². The van der Waals surface area contributed by atoms with E-state index in [0.717, 1.165) is 55.3 Å². The summed E-state index contributed by atoms with van der Waals surface area (Å²) < 4.78 is 17.0. The minimum Gasteiger partial charge on any atom is -0.497 e. The third-order valence-electron chi connectivity index (χ3n) is 5.61. The summed E-state index contributed by atoms with van der Waals surface area (Å²) in [6, 6.07) is 15.6. The van der Waals surface area contributed by atoms with Gasteiger partial charge in [-0.05, 0) is 55.8 Å². The first-order chi connectivity index (χ1) is 14.2. The third-order valence-corrected chi connectivity index (χ3v) is 5.61. The van der Waals surface area contributed by atoms with E-state index in [1.807, 2.05) is 48.5 Å². The molecule has 2 aliphatic heterocycles. The average molecular weight is 396 g/mol. The summed E-state index contributed by atoms with van der Waals surface area (Å²) in [5.41, 5.74) is 1.08. The van der Waals surface area contributed by atoms with E-state index in [9.17, 15) is 4.79 Å². The average Bonchev–Trinajstić information content (AvgIpc) is 2.78. The van der Waals surface area contributed by atoms with E-state index in [4.69, 9.17) is 14.2 Å². The highest BCUT2D eigenvalue weighted by molar-refractivity contribution is 5.78. The van der Waals surface area contributed by atoms with Crippen LogP contribution in [0.15, 0.2) is 48.5 Å². The molecule has 1 atom stereocenters. The number of amides is 1. The molecule has 1 amide bonds. The molecule has 2 aromatic rings. The first-order valence-electron chi connectivity index (χ1n) is 10.2. The fourth-order valence-corrected chi connectivity index (χ4v) is 3.90. The summed E-state index contributed by atoms with van der Waals surface area (Å²) in [7, 11) is 1.65. The lowest BCUT2D eigenvalue weighted by molar-refractivity contribution is -0.126. The van der Waals surface area contributed by atoms with Crippen molar-refractivity contribution in [1.82, 2.24) is 10.2 Å². The van der Waals surface area contributed by atoms with Crippen LogP contribution in [0.3, 0.4) is 0 Å². The van der Waals surface area contributed by atoms with Crippen molar-refractivity contribution in [2.24, 2.45) is 5.92 Å². The molecule has 154 valence electrons. The molecule has 2 aromatic carbocycles. The van der Waals surface area contributed by atoms with Gasteiger partial charge in [-0.1, -0.05) is 24.3 Å². The van der Waals surface area contributed by atoms with E-state index in [1.165, 1.54) is 0 Å². The summed E-state index contributed by atoms with van der Waals surface area (Å²) >= 11 is 0. The molecule has 0 aromatic heterocycles. The standard InChI is InChI=1S/C23H28N2O4/c1-27-19-8-6-17(7-9-19)14-24-23(26)18-10-12-25(13-11-18)15-20-16-28-21-4-2-3-5-22(21)29-20/h2-9,18,20H,10-16H2,1H3,(H,24,26). The molecular formula is C23H28N2O4. The van der Waals surface area contributed by atoms with Crippen molar-refractivity contribution in [1.29, 1.82) is 0 Å². The Labute approximate surface area is 171 Å². The van der Waals surface area contributed by atoms with Crippen molar-refractivity contribution in [3.05, 3.63) is 54.1 Å². The zero-order valence-corrected chi connectivity index (χ0v) is 16.8. The molecule has 1 fully saturated rings. The Balaban J connectivity index is 1.19. The summed E-state index contributed by atoms with van der Waals surface area (Å²) in [6.07, 6.45) is 1.78. The molecule has 0 bridgehead atoms. The molecule has 6 nitrogen and oxygen atoms in total. The minimum absolute atomic E-state index is 0.0327. The second-order valence-corrected chi connectivity index (χ2v) is 7.64. The van der Waals surface area contributed by atoms with Crippen LogP contribution in [0.5, 0.6) is 17.2 Å². The van der Waals surface area contributed by atoms with Crippen LogP contribution in [0.1, 0.15) is 18.4 Å². The van der Waals surface area contributed by atoms with E-state index in [1.54, 1.807) is 7.11 Å². The van der Waals surface area contributed by atoms with Gasteiger partial charge < -0.3 is 19.5 Å². The smallest absolute Gasteiger partial charge is 0.223 e. The molecular weight excluding hydrogens is 368 g/mol. The fraction of sp³-hybridized carbons (Fsp3) is 0.435. The number of likely N-dealkylation sites (tertiary alicyclic amines) is 1. The predicted octanol–water partition coefficient (Wildman–Crippen LogP) is 2.86. The minimum atomic E-state index is 0.0327. The largest absolute Gasteiger partial charge is 0.497 e. The normalized spacial score (nSPS) is 19.6. The summed E-state index contributed by atoms with van der Waals surface area (Å²) in [5, 5.41) is 3.07. The van der Waals surface area contributed by atoms with Gasteiger partial charge in [-0.25, -0.2) is 0 Å². The molecule has 0 saturated carbocycles. The second kappa shape index (κ2) is 9.18. The Morgan fingerprint density at radius 3 is 2.55 bits per heavy atom. The highest BCUT2D eigenvalue weighted by atomic mass is 16.6. The van der Waals surface area contributed by atoms with Crippen LogP contribution < -0.4 is 19.5 Å². The number of piperidine rings is 1. The number of fused-ring (bicyclic) bond motifs is 1. The lowest BCUT2D eigenvalue weighted by atomic mass is 9.95. The molecule has 0 spiro atoms. The summed E-state index contributed by atoms with van der Waals surface area (Å²) in [6.45, 7) is 3.76. The summed E-state index contributed by atoms with van der Waals surface area (Å²) in [4.78, 5) is 14.9. The Morgan fingerprint density at radius 2 is 1.83 bits per heavy atom. The Kier molecular flexibility index (Phi) is 6.20. The van der Waals surface area contributed by atoms with Gasteiger partial charge in [0, 0.05) is 19.0 Å². The Morgan fingerprint density at radius 1 is 1.10 bits per heavy atom.